The lowest BCUT2D eigenvalue weighted by Crippen LogP contribution is -2.36. The molecule has 0 spiro atoms. The molecule has 3 rings (SSSR count). The maximum Gasteiger partial charge on any atom is 0.275 e. The van der Waals surface area contributed by atoms with Crippen LogP contribution < -0.4 is 10.9 Å². The maximum atomic E-state index is 11.6. The van der Waals surface area contributed by atoms with Crippen LogP contribution in [0, 0.1) is 0 Å². The van der Waals surface area contributed by atoms with Gasteiger partial charge in [-0.05, 0) is 18.2 Å². The Morgan fingerprint density at radius 3 is 2.81 bits per heavy atom. The van der Waals surface area contributed by atoms with Crippen LogP contribution in [0.1, 0.15) is 5.56 Å². The minimum atomic E-state index is -0.825. The van der Waals surface area contributed by atoms with Crippen molar-refractivity contribution in [1.29, 1.82) is 0 Å². The van der Waals surface area contributed by atoms with Gasteiger partial charge in [-0.2, -0.15) is 11.8 Å². The summed E-state index contributed by atoms with van der Waals surface area (Å²) >= 11 is 1.62. The minimum Gasteiger partial charge on any atom is -0.389 e. The summed E-state index contributed by atoms with van der Waals surface area (Å²) in [5.41, 5.74) is 1.67. The third-order valence-corrected chi connectivity index (χ3v) is 4.63. The highest BCUT2D eigenvalue weighted by molar-refractivity contribution is 7.98. The first-order valence-electron chi connectivity index (χ1n) is 6.76. The Balaban J connectivity index is 1.83. The number of aliphatic hydroxyl groups excluding tert-OH is 2. The summed E-state index contributed by atoms with van der Waals surface area (Å²) in [6.07, 6.45) is 3.96. The van der Waals surface area contributed by atoms with E-state index in [1.54, 1.807) is 18.0 Å². The largest absolute Gasteiger partial charge is 0.389 e. The van der Waals surface area contributed by atoms with Crippen molar-refractivity contribution in [1.82, 2.24) is 20.3 Å². The molecule has 1 aliphatic heterocycles. The molecule has 0 aromatic carbocycles. The van der Waals surface area contributed by atoms with Crippen LogP contribution in [-0.2, 0) is 6.42 Å². The van der Waals surface area contributed by atoms with Crippen LogP contribution in [-0.4, -0.2) is 61.5 Å². The van der Waals surface area contributed by atoms with Crippen LogP contribution in [0.2, 0.25) is 0 Å². The Morgan fingerprint density at radius 2 is 2.05 bits per heavy atom. The number of hydrogen-bond donors (Lipinski definition) is 5. The summed E-state index contributed by atoms with van der Waals surface area (Å²) in [7, 11) is 0. The average molecular weight is 310 g/mol. The molecule has 3 unspecified atom stereocenters. The molecule has 0 radical (unpaired) electrons. The van der Waals surface area contributed by atoms with Crippen molar-refractivity contribution < 1.29 is 10.2 Å². The minimum absolute atomic E-state index is 0.124. The van der Waals surface area contributed by atoms with E-state index in [9.17, 15) is 15.0 Å². The van der Waals surface area contributed by atoms with Gasteiger partial charge in [0.15, 0.2) is 0 Å². The van der Waals surface area contributed by atoms with Gasteiger partial charge in [-0.1, -0.05) is 0 Å². The van der Waals surface area contributed by atoms with Gasteiger partial charge in [0.1, 0.15) is 5.52 Å². The molecular weight excluding hydrogens is 292 g/mol. The normalized spacial score (nSPS) is 29.3. The number of aliphatic hydroxyl groups is 2. The molecule has 1 fully saturated rings. The third kappa shape index (κ3) is 2.59. The van der Waals surface area contributed by atoms with Gasteiger partial charge in [-0.25, -0.2) is 4.98 Å². The van der Waals surface area contributed by atoms with Gasteiger partial charge in [0.2, 0.25) is 0 Å². The van der Waals surface area contributed by atoms with Gasteiger partial charge in [-0.3, -0.25) is 4.79 Å². The smallest absolute Gasteiger partial charge is 0.275 e. The average Bonchev–Trinajstić information content (AvgIpc) is 2.99. The second-order valence-corrected chi connectivity index (χ2v) is 6.20. The van der Waals surface area contributed by atoms with Gasteiger partial charge >= 0.3 is 0 Å². The van der Waals surface area contributed by atoms with Gasteiger partial charge in [0, 0.05) is 24.0 Å². The number of nitrogens with one attached hydrogen (secondary N) is 3. The fourth-order valence-corrected chi connectivity index (χ4v) is 3.50. The highest BCUT2D eigenvalue weighted by atomic mass is 32.2. The molecule has 0 bridgehead atoms. The molecule has 0 saturated carbocycles. The predicted molar refractivity (Wildman–Crippen MR) is 81.5 cm³/mol. The molecule has 4 atom stereocenters. The number of nitrogens with zero attached hydrogens (tertiary/aromatic N) is 1. The number of aromatic amines is 2. The molecule has 1 aliphatic rings. The van der Waals surface area contributed by atoms with E-state index in [0.717, 1.165) is 11.3 Å². The lowest BCUT2D eigenvalue weighted by Gasteiger charge is -2.15. The van der Waals surface area contributed by atoms with E-state index in [-0.39, 0.29) is 17.6 Å². The Bertz CT molecular complexity index is 685. The van der Waals surface area contributed by atoms with Crippen molar-refractivity contribution in [3.05, 3.63) is 28.4 Å². The number of hydrogen-bond acceptors (Lipinski definition) is 6. The fraction of sp³-hybridized carbons (Fsp3) is 0.538. The first kappa shape index (κ1) is 14.6. The van der Waals surface area contributed by atoms with E-state index >= 15 is 0 Å². The first-order chi connectivity index (χ1) is 10.1. The maximum absolute atomic E-state index is 11.6. The van der Waals surface area contributed by atoms with Crippen molar-refractivity contribution in [3.63, 3.8) is 0 Å². The summed E-state index contributed by atoms with van der Waals surface area (Å²) < 4.78 is 0. The Labute approximate surface area is 125 Å². The highest BCUT2D eigenvalue weighted by Gasteiger charge is 2.40. The zero-order valence-electron chi connectivity index (χ0n) is 11.5. The molecule has 8 heteroatoms. The van der Waals surface area contributed by atoms with E-state index < -0.39 is 12.2 Å². The quantitative estimate of drug-likeness (QED) is 0.506. The molecule has 0 aliphatic carbocycles. The van der Waals surface area contributed by atoms with Crippen LogP contribution in [0.3, 0.4) is 0 Å². The van der Waals surface area contributed by atoms with E-state index in [2.05, 4.69) is 20.3 Å². The lowest BCUT2D eigenvalue weighted by atomic mass is 10.0. The monoisotopic (exact) mass is 310 g/mol. The topological polar surface area (TPSA) is 114 Å². The standard InChI is InChI=1S/C13H18N4O3S/c1-21-4-8-12(19)11(18)7(17-8)2-6-3-14-10-9(6)15-5-16-13(10)20/h3,5,7-8,11-12,14,17-19H,2,4H2,1H3,(H,15,16,20)/t7?,8-,11?,12?/m1/s1. The third-order valence-electron chi connectivity index (χ3n) is 3.94. The molecule has 2 aromatic heterocycles. The van der Waals surface area contributed by atoms with Crippen molar-refractivity contribution in [2.45, 2.75) is 30.7 Å². The molecule has 0 amide bonds. The molecule has 114 valence electrons. The van der Waals surface area contributed by atoms with Crippen molar-refractivity contribution in [2.24, 2.45) is 0 Å². The van der Waals surface area contributed by atoms with Crippen molar-refractivity contribution >= 4 is 22.8 Å². The molecule has 5 N–H and O–H groups in total. The van der Waals surface area contributed by atoms with Crippen molar-refractivity contribution in [3.8, 4) is 0 Å². The molecule has 3 heterocycles. The highest BCUT2D eigenvalue weighted by Crippen LogP contribution is 2.22. The van der Waals surface area contributed by atoms with Gasteiger partial charge < -0.3 is 25.5 Å². The summed E-state index contributed by atoms with van der Waals surface area (Å²) in [4.78, 5) is 21.3. The molecule has 2 aromatic rings. The second-order valence-electron chi connectivity index (χ2n) is 5.29. The predicted octanol–water partition coefficient (Wildman–Crippen LogP) is -0.781. The number of fused-ring (bicyclic) bond motifs is 1. The van der Waals surface area contributed by atoms with E-state index in [1.165, 1.54) is 6.33 Å². The zero-order valence-corrected chi connectivity index (χ0v) is 12.4. The van der Waals surface area contributed by atoms with Crippen LogP contribution in [0.5, 0.6) is 0 Å². The van der Waals surface area contributed by atoms with Crippen LogP contribution in [0.25, 0.3) is 11.0 Å². The summed E-state index contributed by atoms with van der Waals surface area (Å²) in [5, 5.41) is 23.5. The van der Waals surface area contributed by atoms with E-state index in [4.69, 9.17) is 0 Å². The van der Waals surface area contributed by atoms with Gasteiger partial charge in [-0.15, -0.1) is 0 Å². The Hall–Kier alpha value is -1.35. The number of thioether (sulfide) groups is 1. The van der Waals surface area contributed by atoms with E-state index in [0.29, 0.717) is 17.5 Å². The summed E-state index contributed by atoms with van der Waals surface area (Å²) in [6.45, 7) is 0. The van der Waals surface area contributed by atoms with Crippen LogP contribution in [0.4, 0.5) is 0 Å². The lowest BCUT2D eigenvalue weighted by molar-refractivity contribution is 0.0310. The second kappa shape index (κ2) is 5.80. The van der Waals surface area contributed by atoms with Crippen LogP contribution >= 0.6 is 11.8 Å². The van der Waals surface area contributed by atoms with Crippen molar-refractivity contribution in [2.75, 3.05) is 12.0 Å². The molecule has 7 nitrogen and oxygen atoms in total. The Kier molecular flexibility index (Phi) is 4.03. The Morgan fingerprint density at radius 1 is 1.29 bits per heavy atom. The van der Waals surface area contributed by atoms with Gasteiger partial charge in [0.05, 0.1) is 24.1 Å². The summed E-state index contributed by atoms with van der Waals surface area (Å²) in [6, 6.07) is -0.376. The van der Waals surface area contributed by atoms with E-state index in [1.807, 2.05) is 6.26 Å². The summed E-state index contributed by atoms with van der Waals surface area (Å²) in [5.74, 6) is 0.737. The number of H-pyrrole nitrogens is 2. The number of rotatable bonds is 4. The SMILES string of the molecule is CSC[C@H]1NC(Cc2c[nH]c3c(=O)[nH]cnc23)C(O)C1O. The fourth-order valence-electron chi connectivity index (χ4n) is 2.85. The van der Waals surface area contributed by atoms with Crippen LogP contribution in [0.15, 0.2) is 17.3 Å². The zero-order chi connectivity index (χ0) is 15.0. The molecular formula is C13H18N4O3S. The molecule has 21 heavy (non-hydrogen) atoms. The first-order valence-corrected chi connectivity index (χ1v) is 8.16. The number of aromatic nitrogens is 3. The van der Waals surface area contributed by atoms with Gasteiger partial charge in [0.25, 0.3) is 5.56 Å². The molecule has 1 saturated heterocycles.